The molecular formula is C25H25N3S. The minimum absolute atomic E-state index is 0.183. The summed E-state index contributed by atoms with van der Waals surface area (Å²) in [6.45, 7) is 6.43. The maximum absolute atomic E-state index is 4.93. The molecule has 0 unspecified atom stereocenters. The maximum atomic E-state index is 4.93. The van der Waals surface area contributed by atoms with Gasteiger partial charge in [0.05, 0.1) is 15.6 Å². The van der Waals surface area contributed by atoms with E-state index in [2.05, 4.69) is 91.7 Å². The molecule has 2 heterocycles. The molecule has 4 aromatic rings. The molecule has 29 heavy (non-hydrogen) atoms. The third kappa shape index (κ3) is 4.38. The topological polar surface area (TPSA) is 37.8 Å². The summed E-state index contributed by atoms with van der Waals surface area (Å²) in [7, 11) is 0. The number of benzene rings is 2. The highest BCUT2D eigenvalue weighted by Gasteiger charge is 2.15. The molecule has 0 saturated carbocycles. The molecule has 4 rings (SSSR count). The molecule has 2 aromatic heterocycles. The lowest BCUT2D eigenvalue weighted by molar-refractivity contribution is 0.875. The number of aromatic nitrogens is 2. The van der Waals surface area contributed by atoms with E-state index in [1.165, 1.54) is 21.6 Å². The van der Waals surface area contributed by atoms with Gasteiger partial charge in [-0.05, 0) is 49.6 Å². The van der Waals surface area contributed by atoms with Gasteiger partial charge in [-0.25, -0.2) is 9.97 Å². The van der Waals surface area contributed by atoms with Crippen LogP contribution in [0.2, 0.25) is 0 Å². The van der Waals surface area contributed by atoms with Crippen LogP contribution in [-0.4, -0.2) is 9.97 Å². The first kappa shape index (κ1) is 19.3. The fourth-order valence-electron chi connectivity index (χ4n) is 3.40. The van der Waals surface area contributed by atoms with E-state index in [1.54, 1.807) is 11.3 Å². The van der Waals surface area contributed by atoms with Crippen LogP contribution in [0, 0.1) is 6.92 Å². The predicted molar refractivity (Wildman–Crippen MR) is 123 cm³/mol. The summed E-state index contributed by atoms with van der Waals surface area (Å²) < 4.78 is 0. The average Bonchev–Trinajstić information content (AvgIpc) is 3.19. The summed E-state index contributed by atoms with van der Waals surface area (Å²) in [4.78, 5) is 10.7. The summed E-state index contributed by atoms with van der Waals surface area (Å²) in [5.41, 5.74) is 5.86. The summed E-state index contributed by atoms with van der Waals surface area (Å²) in [5, 5.41) is 4.68. The van der Waals surface area contributed by atoms with Crippen LogP contribution in [0.4, 0.5) is 5.82 Å². The lowest BCUT2D eigenvalue weighted by atomic mass is 10.1. The Hall–Kier alpha value is -2.98. The number of nitrogens with one attached hydrogen (secondary N) is 1. The van der Waals surface area contributed by atoms with Gasteiger partial charge in [-0.15, -0.1) is 11.3 Å². The highest BCUT2D eigenvalue weighted by atomic mass is 32.1. The van der Waals surface area contributed by atoms with Crippen LogP contribution in [0.5, 0.6) is 0 Å². The van der Waals surface area contributed by atoms with E-state index < -0.39 is 0 Å². The molecule has 146 valence electrons. The van der Waals surface area contributed by atoms with E-state index in [-0.39, 0.29) is 6.04 Å². The van der Waals surface area contributed by atoms with Gasteiger partial charge in [-0.3, -0.25) is 0 Å². The molecule has 0 fully saturated rings. The van der Waals surface area contributed by atoms with E-state index in [4.69, 9.17) is 4.98 Å². The fourth-order valence-corrected chi connectivity index (χ4v) is 4.42. The second kappa shape index (κ2) is 8.58. The Balaban J connectivity index is 1.69. The van der Waals surface area contributed by atoms with Gasteiger partial charge < -0.3 is 5.32 Å². The quantitative estimate of drug-likeness (QED) is 0.382. The van der Waals surface area contributed by atoms with Gasteiger partial charge in [-0.2, -0.15) is 0 Å². The van der Waals surface area contributed by atoms with Crippen molar-refractivity contribution < 1.29 is 0 Å². The third-order valence-corrected chi connectivity index (χ3v) is 6.20. The monoisotopic (exact) mass is 399 g/mol. The largest absolute Gasteiger partial charge is 0.364 e. The van der Waals surface area contributed by atoms with Gasteiger partial charge in [0, 0.05) is 17.8 Å². The summed E-state index contributed by atoms with van der Waals surface area (Å²) in [6, 6.07) is 23.4. The minimum atomic E-state index is 0.183. The van der Waals surface area contributed by atoms with Crippen molar-refractivity contribution in [2.24, 2.45) is 0 Å². The molecule has 0 aliphatic carbocycles. The molecule has 3 nitrogen and oxygen atoms in total. The number of thiazole rings is 1. The van der Waals surface area contributed by atoms with Crippen molar-refractivity contribution in [3.63, 3.8) is 0 Å². The maximum Gasteiger partial charge on any atom is 0.126 e. The smallest absolute Gasteiger partial charge is 0.126 e. The van der Waals surface area contributed by atoms with Crippen LogP contribution in [-0.2, 0) is 6.42 Å². The van der Waals surface area contributed by atoms with Crippen LogP contribution in [0.3, 0.4) is 0 Å². The Morgan fingerprint density at radius 2 is 1.79 bits per heavy atom. The number of nitrogens with zero attached hydrogens (tertiary/aromatic N) is 2. The number of rotatable bonds is 6. The Bertz CT molecular complexity index is 1100. The Labute approximate surface area is 176 Å². The lowest BCUT2D eigenvalue weighted by Gasteiger charge is -2.15. The number of pyridine rings is 1. The normalized spacial score (nSPS) is 12.0. The highest BCUT2D eigenvalue weighted by molar-refractivity contribution is 7.15. The first-order valence-corrected chi connectivity index (χ1v) is 10.8. The van der Waals surface area contributed by atoms with Crippen molar-refractivity contribution in [2.75, 3.05) is 5.32 Å². The van der Waals surface area contributed by atoms with E-state index in [1.807, 2.05) is 12.3 Å². The minimum Gasteiger partial charge on any atom is -0.364 e. The zero-order valence-corrected chi connectivity index (χ0v) is 17.8. The first-order chi connectivity index (χ1) is 14.1. The Kier molecular flexibility index (Phi) is 5.72. The van der Waals surface area contributed by atoms with Crippen LogP contribution >= 0.6 is 11.3 Å². The first-order valence-electron chi connectivity index (χ1n) is 9.98. The summed E-state index contributed by atoms with van der Waals surface area (Å²) in [5.74, 6) is 0.875. The molecule has 0 bridgehead atoms. The molecule has 0 saturated heterocycles. The molecular weight excluding hydrogens is 374 g/mol. The molecule has 0 aliphatic heterocycles. The number of hydrogen-bond acceptors (Lipinski definition) is 4. The zero-order chi connectivity index (χ0) is 20.2. The van der Waals surface area contributed by atoms with Crippen molar-refractivity contribution in [3.8, 4) is 21.7 Å². The predicted octanol–water partition coefficient (Wildman–Crippen LogP) is 6.92. The lowest BCUT2D eigenvalue weighted by Crippen LogP contribution is -2.07. The molecule has 0 radical (unpaired) electrons. The summed E-state index contributed by atoms with van der Waals surface area (Å²) in [6.07, 6.45) is 2.81. The molecule has 2 aromatic carbocycles. The Morgan fingerprint density at radius 3 is 2.55 bits per heavy atom. The molecule has 1 atom stereocenters. The average molecular weight is 400 g/mol. The van der Waals surface area contributed by atoms with E-state index >= 15 is 0 Å². The molecule has 0 spiro atoms. The fraction of sp³-hybridized carbons (Fsp3) is 0.200. The number of anilines is 1. The van der Waals surface area contributed by atoms with E-state index in [0.717, 1.165) is 28.5 Å². The molecule has 4 heteroatoms. The van der Waals surface area contributed by atoms with Crippen LogP contribution in [0.25, 0.3) is 21.7 Å². The van der Waals surface area contributed by atoms with Gasteiger partial charge in [0.15, 0.2) is 0 Å². The van der Waals surface area contributed by atoms with Gasteiger partial charge in [0.25, 0.3) is 0 Å². The van der Waals surface area contributed by atoms with E-state index in [9.17, 15) is 0 Å². The second-order valence-electron chi connectivity index (χ2n) is 7.21. The van der Waals surface area contributed by atoms with Crippen molar-refractivity contribution >= 4 is 17.2 Å². The van der Waals surface area contributed by atoms with Gasteiger partial charge in [-0.1, -0.05) is 61.0 Å². The standard InChI is InChI=1S/C25H25N3S/c1-4-23-28-24(20-12-8-9-17(2)15-20)25(29-23)21-13-14-26-22(16-21)27-18(3)19-10-6-5-7-11-19/h5-16,18H,4H2,1-3H3,(H,26,27)/t18-/m0/s1. The SMILES string of the molecule is CCc1nc(-c2cccc(C)c2)c(-c2ccnc(N[C@@H](C)c3ccccc3)c2)s1. The second-order valence-corrected chi connectivity index (χ2v) is 8.30. The van der Waals surface area contributed by atoms with Crippen LogP contribution in [0.1, 0.15) is 36.0 Å². The molecule has 0 amide bonds. The zero-order valence-electron chi connectivity index (χ0n) is 17.0. The Morgan fingerprint density at radius 1 is 0.966 bits per heavy atom. The van der Waals surface area contributed by atoms with Crippen molar-refractivity contribution in [1.29, 1.82) is 0 Å². The third-order valence-electron chi connectivity index (χ3n) is 4.95. The van der Waals surface area contributed by atoms with Crippen LogP contribution < -0.4 is 5.32 Å². The van der Waals surface area contributed by atoms with Gasteiger partial charge >= 0.3 is 0 Å². The molecule has 1 N–H and O–H groups in total. The molecule has 0 aliphatic rings. The number of aryl methyl sites for hydroxylation is 2. The van der Waals surface area contributed by atoms with Crippen molar-refractivity contribution in [1.82, 2.24) is 9.97 Å². The van der Waals surface area contributed by atoms with Gasteiger partial charge in [0.2, 0.25) is 0 Å². The van der Waals surface area contributed by atoms with E-state index in [0.29, 0.717) is 0 Å². The van der Waals surface area contributed by atoms with Crippen molar-refractivity contribution in [3.05, 3.63) is 89.1 Å². The number of hydrogen-bond donors (Lipinski definition) is 1. The highest BCUT2D eigenvalue weighted by Crippen LogP contribution is 2.38. The van der Waals surface area contributed by atoms with Crippen LogP contribution in [0.15, 0.2) is 72.9 Å². The van der Waals surface area contributed by atoms with Gasteiger partial charge in [0.1, 0.15) is 5.82 Å². The summed E-state index contributed by atoms with van der Waals surface area (Å²) >= 11 is 1.77. The van der Waals surface area contributed by atoms with Crippen molar-refractivity contribution in [2.45, 2.75) is 33.2 Å².